The number of nitrogens with one attached hydrogen (secondary N) is 1. The molecule has 0 aliphatic heterocycles. The van der Waals surface area contributed by atoms with Crippen molar-refractivity contribution >= 4 is 16.8 Å². The number of nitrogens with zero attached hydrogens (tertiary/aromatic N) is 1. The highest BCUT2D eigenvalue weighted by atomic mass is 16.5. The summed E-state index contributed by atoms with van der Waals surface area (Å²) in [5, 5.41) is 1.02. The van der Waals surface area contributed by atoms with Gasteiger partial charge in [0.1, 0.15) is 11.4 Å². The average molecular weight is 260 g/mol. The second kappa shape index (κ2) is 5.34. The quantitative estimate of drug-likeness (QED) is 0.918. The lowest BCUT2D eigenvalue weighted by molar-refractivity contribution is 0.0774. The Balaban J connectivity index is 2.27. The van der Waals surface area contributed by atoms with E-state index >= 15 is 0 Å². The number of H-pyrrole nitrogens is 1. The van der Waals surface area contributed by atoms with Crippen LogP contribution in [0.1, 0.15) is 24.3 Å². The van der Waals surface area contributed by atoms with Gasteiger partial charge in [0, 0.05) is 30.6 Å². The van der Waals surface area contributed by atoms with Gasteiger partial charge < -0.3 is 14.6 Å². The Labute approximate surface area is 113 Å². The summed E-state index contributed by atoms with van der Waals surface area (Å²) < 4.78 is 5.18. The number of ether oxygens (including phenoxy) is 1. The summed E-state index contributed by atoms with van der Waals surface area (Å²) >= 11 is 0. The summed E-state index contributed by atoms with van der Waals surface area (Å²) in [6.07, 6.45) is 0. The van der Waals surface area contributed by atoms with Crippen molar-refractivity contribution in [1.29, 1.82) is 0 Å². The summed E-state index contributed by atoms with van der Waals surface area (Å²) in [5.74, 6) is 1.26. The van der Waals surface area contributed by atoms with Crippen LogP contribution in [0.25, 0.3) is 10.9 Å². The van der Waals surface area contributed by atoms with Crippen molar-refractivity contribution in [3.05, 3.63) is 30.0 Å². The summed E-state index contributed by atoms with van der Waals surface area (Å²) in [5.41, 5.74) is 1.53. The molecule has 0 aliphatic rings. The van der Waals surface area contributed by atoms with Crippen LogP contribution in [0.5, 0.6) is 5.75 Å². The minimum atomic E-state index is 0.0175. The largest absolute Gasteiger partial charge is 0.497 e. The molecule has 1 amide bonds. The lowest BCUT2D eigenvalue weighted by Crippen LogP contribution is -2.30. The van der Waals surface area contributed by atoms with Crippen LogP contribution < -0.4 is 4.74 Å². The van der Waals surface area contributed by atoms with Crippen LogP contribution in [0.3, 0.4) is 0 Å². The number of aromatic nitrogens is 1. The van der Waals surface area contributed by atoms with Crippen LogP contribution in [0.4, 0.5) is 0 Å². The average Bonchev–Trinajstić information content (AvgIpc) is 2.79. The zero-order valence-corrected chi connectivity index (χ0v) is 11.9. The summed E-state index contributed by atoms with van der Waals surface area (Å²) in [7, 11) is 3.46. The van der Waals surface area contributed by atoms with Gasteiger partial charge in [0.2, 0.25) is 0 Å². The maximum atomic E-state index is 12.3. The first-order valence-electron chi connectivity index (χ1n) is 6.43. The molecule has 0 atom stereocenters. The molecule has 0 bridgehead atoms. The third-order valence-electron chi connectivity index (χ3n) is 3.05. The first-order valence-corrected chi connectivity index (χ1v) is 6.43. The van der Waals surface area contributed by atoms with E-state index in [1.807, 2.05) is 31.3 Å². The summed E-state index contributed by atoms with van der Waals surface area (Å²) in [4.78, 5) is 17.2. The van der Waals surface area contributed by atoms with Crippen LogP contribution in [0.2, 0.25) is 0 Å². The number of amides is 1. The Morgan fingerprint density at radius 2 is 2.11 bits per heavy atom. The second-order valence-corrected chi connectivity index (χ2v) is 5.22. The minimum Gasteiger partial charge on any atom is -0.497 e. The molecule has 0 aliphatic carbocycles. The smallest absolute Gasteiger partial charge is 0.270 e. The normalized spacial score (nSPS) is 11.0. The number of methoxy groups -OCH3 is 1. The second-order valence-electron chi connectivity index (χ2n) is 5.22. The van der Waals surface area contributed by atoms with Gasteiger partial charge in [-0.1, -0.05) is 13.8 Å². The highest BCUT2D eigenvalue weighted by Crippen LogP contribution is 2.21. The molecule has 2 rings (SSSR count). The van der Waals surface area contributed by atoms with Crippen molar-refractivity contribution in [3.63, 3.8) is 0 Å². The van der Waals surface area contributed by atoms with Crippen molar-refractivity contribution in [1.82, 2.24) is 9.88 Å². The monoisotopic (exact) mass is 260 g/mol. The van der Waals surface area contributed by atoms with E-state index in [-0.39, 0.29) is 5.91 Å². The van der Waals surface area contributed by atoms with Crippen LogP contribution in [0, 0.1) is 5.92 Å². The molecule has 102 valence electrons. The number of aromatic amines is 1. The molecule has 4 heteroatoms. The van der Waals surface area contributed by atoms with Gasteiger partial charge in [0.05, 0.1) is 7.11 Å². The molecule has 0 fully saturated rings. The van der Waals surface area contributed by atoms with Crippen LogP contribution in [-0.4, -0.2) is 36.5 Å². The molecular weight excluding hydrogens is 240 g/mol. The molecule has 0 saturated heterocycles. The SMILES string of the molecule is COc1ccc2cc(C(=O)N(C)CC(C)C)[nH]c2c1. The predicted molar refractivity (Wildman–Crippen MR) is 76.6 cm³/mol. The van der Waals surface area contributed by atoms with Gasteiger partial charge in [-0.3, -0.25) is 4.79 Å². The first-order chi connectivity index (χ1) is 9.01. The number of carbonyl (C=O) groups is 1. The van der Waals surface area contributed by atoms with Gasteiger partial charge in [-0.05, 0) is 24.1 Å². The molecule has 1 N–H and O–H groups in total. The topological polar surface area (TPSA) is 45.3 Å². The summed E-state index contributed by atoms with van der Waals surface area (Å²) in [6.45, 7) is 4.94. The number of fused-ring (bicyclic) bond motifs is 1. The van der Waals surface area contributed by atoms with Gasteiger partial charge in [0.15, 0.2) is 0 Å². The highest BCUT2D eigenvalue weighted by Gasteiger charge is 2.15. The van der Waals surface area contributed by atoms with Crippen molar-refractivity contribution in [2.45, 2.75) is 13.8 Å². The number of hydrogen-bond donors (Lipinski definition) is 1. The fraction of sp³-hybridized carbons (Fsp3) is 0.400. The van der Waals surface area contributed by atoms with Crippen LogP contribution in [0.15, 0.2) is 24.3 Å². The Kier molecular flexibility index (Phi) is 3.79. The van der Waals surface area contributed by atoms with Crippen LogP contribution >= 0.6 is 0 Å². The number of carbonyl (C=O) groups excluding carboxylic acids is 1. The predicted octanol–water partition coefficient (Wildman–Crippen LogP) is 2.90. The van der Waals surface area contributed by atoms with E-state index in [0.29, 0.717) is 11.6 Å². The molecule has 4 nitrogen and oxygen atoms in total. The fourth-order valence-corrected chi connectivity index (χ4v) is 2.18. The molecule has 1 aromatic carbocycles. The Morgan fingerprint density at radius 3 is 2.74 bits per heavy atom. The molecule has 1 aromatic heterocycles. The van der Waals surface area contributed by atoms with E-state index in [4.69, 9.17) is 4.74 Å². The summed E-state index contributed by atoms with van der Waals surface area (Å²) in [6, 6.07) is 7.62. The van der Waals surface area contributed by atoms with Crippen LogP contribution in [-0.2, 0) is 0 Å². The lowest BCUT2D eigenvalue weighted by atomic mass is 10.2. The molecule has 2 aromatic rings. The van der Waals surface area contributed by atoms with Gasteiger partial charge in [-0.25, -0.2) is 0 Å². The minimum absolute atomic E-state index is 0.0175. The Morgan fingerprint density at radius 1 is 1.37 bits per heavy atom. The first kappa shape index (κ1) is 13.5. The van der Waals surface area contributed by atoms with Gasteiger partial charge in [-0.2, -0.15) is 0 Å². The van der Waals surface area contributed by atoms with E-state index in [9.17, 15) is 4.79 Å². The maximum Gasteiger partial charge on any atom is 0.270 e. The van der Waals surface area contributed by atoms with Gasteiger partial charge in [-0.15, -0.1) is 0 Å². The van der Waals surface area contributed by atoms with Crippen molar-refractivity contribution in [2.75, 3.05) is 20.7 Å². The fourth-order valence-electron chi connectivity index (χ4n) is 2.18. The Bertz CT molecular complexity index is 587. The van der Waals surface area contributed by atoms with E-state index in [1.165, 1.54) is 0 Å². The highest BCUT2D eigenvalue weighted by molar-refractivity contribution is 5.98. The van der Waals surface area contributed by atoms with E-state index < -0.39 is 0 Å². The molecule has 0 saturated carbocycles. The zero-order valence-electron chi connectivity index (χ0n) is 11.9. The number of rotatable bonds is 4. The molecular formula is C15H20N2O2. The standard InChI is InChI=1S/C15H20N2O2/c1-10(2)9-17(3)15(18)14-7-11-5-6-12(19-4)8-13(11)16-14/h5-8,10,16H,9H2,1-4H3. The lowest BCUT2D eigenvalue weighted by Gasteiger charge is -2.18. The zero-order chi connectivity index (χ0) is 14.0. The molecule has 1 heterocycles. The van der Waals surface area contributed by atoms with E-state index in [2.05, 4.69) is 18.8 Å². The van der Waals surface area contributed by atoms with Gasteiger partial charge in [0.25, 0.3) is 5.91 Å². The van der Waals surface area contributed by atoms with Crippen molar-refractivity contribution in [3.8, 4) is 5.75 Å². The molecule has 19 heavy (non-hydrogen) atoms. The number of hydrogen-bond acceptors (Lipinski definition) is 2. The van der Waals surface area contributed by atoms with E-state index in [0.717, 1.165) is 23.2 Å². The van der Waals surface area contributed by atoms with Crippen molar-refractivity contribution in [2.24, 2.45) is 5.92 Å². The molecule has 0 unspecified atom stereocenters. The Hall–Kier alpha value is -1.97. The molecule has 0 spiro atoms. The number of benzene rings is 1. The molecule has 0 radical (unpaired) electrons. The van der Waals surface area contributed by atoms with E-state index in [1.54, 1.807) is 12.0 Å². The van der Waals surface area contributed by atoms with Gasteiger partial charge >= 0.3 is 0 Å². The third-order valence-corrected chi connectivity index (χ3v) is 3.05. The maximum absolute atomic E-state index is 12.3. The third kappa shape index (κ3) is 2.89. The van der Waals surface area contributed by atoms with Crippen molar-refractivity contribution < 1.29 is 9.53 Å².